The van der Waals surface area contributed by atoms with E-state index in [0.717, 1.165) is 42.2 Å². The lowest BCUT2D eigenvalue weighted by molar-refractivity contribution is -0.345. The highest BCUT2D eigenvalue weighted by atomic mass is 32.2. The van der Waals surface area contributed by atoms with E-state index in [1.54, 1.807) is 53.7 Å². The number of nitrogens with one attached hydrogen (secondary N) is 5. The Kier molecular flexibility index (Phi) is 45.6. The molecule has 1 aromatic carbocycles. The number of amides is 7. The molecule has 45 nitrogen and oxygen atoms in total. The van der Waals surface area contributed by atoms with E-state index in [-0.39, 0.29) is 116 Å². The molecule has 46 heteroatoms. The Morgan fingerprint density at radius 2 is 1.24 bits per heavy atom. The lowest BCUT2D eigenvalue weighted by Gasteiger charge is -2.45. The standard InChI is InChI=1S/C46H83N5O22.C29H30N4O9.C14H22N2O3S/c1-4-63-20-22-65-18-14-47-33(53)12-8-6-10-17-68-43-32(28-69-45-39(59)36(56)35(55)30(26-52)71-45)73-46(41(61)38(43)58)70-27-31-42(37(57)40(60)44(62-3)72-31)67-16-11-7-9-13-34(54)48-24-29-25-51(50-49-29)15-19-66-23-21-64-5-2;1-4-16-17-8-15(34)6-7-21(17)32-26-18(16)11-33-22(26)9-20-19(27(33)38)12-41-28(39)29(20,5-2)42-25(37)10-31-24(36)14-40-13-23(35)30-3;1-15-13(18)10-5-3-9(4-6-10)8-16-12(17)7-11(20-2)14(16)19/h25,30-32,35-46,52,55-61H,4-24,26-28H2,1-3H3,(H,47,53)(H,48,54);6-9,34H,4-5,10-14H2,1-3H3,(H,30,35)(H,31,36);9-11H,3-8H2,1-2H3,(H,15,18)/t30-,31-,32-,35-,36+,37-,38-,39-,40-,41-,42-,43-,44+,45+,46+;29-;/m10./s1. The Morgan fingerprint density at radius 1 is 0.630 bits per heavy atom. The summed E-state index contributed by atoms with van der Waals surface area (Å²) in [7, 11) is 4.36. The summed E-state index contributed by atoms with van der Waals surface area (Å²) < 4.78 is 87.0. The number of imide groups is 1. The number of carbonyl (C=O) groups excluding carboxylic acids is 9. The number of aliphatic hydroxyl groups excluding tert-OH is 8. The number of aryl methyl sites for hydroxylation is 1. The van der Waals surface area contributed by atoms with Gasteiger partial charge in [-0.25, -0.2) is 14.5 Å². The second kappa shape index (κ2) is 55.9. The lowest BCUT2D eigenvalue weighted by atomic mass is 9.81. The second-order valence-corrected chi connectivity index (χ2v) is 34.3. The van der Waals surface area contributed by atoms with Gasteiger partial charge in [-0.05, 0) is 120 Å². The number of ether oxygens (including phenoxy) is 15. The molecular formula is C89H135N11O34S. The molecule has 5 fully saturated rings. The Bertz CT molecular complexity index is 4530. The van der Waals surface area contributed by atoms with E-state index in [4.69, 9.17) is 76.0 Å². The number of phenols is 1. The first-order chi connectivity index (χ1) is 65.0. The van der Waals surface area contributed by atoms with Gasteiger partial charge < -0.3 is 148 Å². The number of esters is 2. The van der Waals surface area contributed by atoms with Gasteiger partial charge in [0.25, 0.3) is 5.56 Å². The SMILES string of the molecule is CCOCCOCCNC(=O)CCCCCO[C@H]1[C@H](O)[C@@H](O)[C@@H](OC[C@H]2O[C@H](OC)[C@H](O)[C@@H](O)[C@@H]2OCCCCCC(=O)NCc2cn(CCOCCOCC)nn2)O[C@@H]1CO[C@H]1O[C@H](CO)[C@@H](O)[C@H](O)[C@H]1O.CCc1c2c(nc3ccc(O)cc13)-c1cc3c(c(=O)n1C2)COC(=O)[C@@]3(CC)OC(=O)CNC(=O)COCC(=O)NC.CNC(=O)C1CCC(CN2C(=O)CC(SC)C2=O)CC1. The molecule has 4 aromatic rings. The highest BCUT2D eigenvalue weighted by molar-refractivity contribution is 8.00. The smallest absolute Gasteiger partial charge is 0.355 e. The van der Waals surface area contributed by atoms with Crippen molar-refractivity contribution < 1.29 is 160 Å². The molecule has 0 bridgehead atoms. The van der Waals surface area contributed by atoms with Crippen molar-refractivity contribution in [3.05, 3.63) is 68.8 Å². The second-order valence-electron chi connectivity index (χ2n) is 33.2. The van der Waals surface area contributed by atoms with Crippen LogP contribution < -0.4 is 32.1 Å². The van der Waals surface area contributed by atoms with Crippen LogP contribution in [0.25, 0.3) is 22.3 Å². The van der Waals surface area contributed by atoms with E-state index < -0.39 is 160 Å². The van der Waals surface area contributed by atoms with Crippen LogP contribution >= 0.6 is 11.8 Å². The van der Waals surface area contributed by atoms with E-state index in [9.17, 15) is 93.9 Å². The van der Waals surface area contributed by atoms with E-state index in [2.05, 4.69) is 36.9 Å². The number of thioether (sulfide) groups is 1. The first kappa shape index (κ1) is 110. The van der Waals surface area contributed by atoms with Gasteiger partial charge in [0.1, 0.15) is 111 Å². The van der Waals surface area contributed by atoms with Crippen molar-refractivity contribution in [2.45, 2.75) is 253 Å². The molecule has 1 aliphatic carbocycles. The fourth-order valence-corrected chi connectivity index (χ4v) is 17.2. The largest absolute Gasteiger partial charge is 0.508 e. The van der Waals surface area contributed by atoms with Crippen LogP contribution in [0.1, 0.15) is 146 Å². The van der Waals surface area contributed by atoms with Gasteiger partial charge in [-0.3, -0.25) is 48.1 Å². The molecule has 4 saturated heterocycles. The maximum absolute atomic E-state index is 13.8. The number of aliphatic hydroxyl groups is 8. The first-order valence-electron chi connectivity index (χ1n) is 46.0. The fraction of sp³-hybridized carbons (Fsp3) is 0.719. The number of aromatic hydroxyl groups is 1. The van der Waals surface area contributed by atoms with Crippen LogP contribution in [-0.4, -0.2) is 372 Å². The van der Waals surface area contributed by atoms with Gasteiger partial charge in [0.2, 0.25) is 47.0 Å². The number of phenolic OH excluding ortho intramolecular Hbond substituents is 1. The van der Waals surface area contributed by atoms with Gasteiger partial charge in [-0.2, -0.15) is 11.8 Å². The number of rotatable bonds is 51. The molecule has 9 heterocycles. The molecule has 0 radical (unpaired) electrons. The van der Waals surface area contributed by atoms with Gasteiger partial charge in [0.15, 0.2) is 18.9 Å². The number of likely N-dealkylation sites (tertiary alicyclic amines) is 1. The van der Waals surface area contributed by atoms with E-state index in [0.29, 0.717) is 152 Å². The zero-order valence-electron chi connectivity index (χ0n) is 77.8. The van der Waals surface area contributed by atoms with Crippen molar-refractivity contribution in [2.24, 2.45) is 11.8 Å². The molecular weight excluding hydrogens is 1800 g/mol. The molecule has 14 N–H and O–H groups in total. The number of pyridine rings is 2. The van der Waals surface area contributed by atoms with E-state index in [1.165, 1.54) is 30.8 Å². The van der Waals surface area contributed by atoms with Crippen molar-refractivity contribution in [1.29, 1.82) is 0 Å². The Balaban J connectivity index is 0.000000272. The minimum Gasteiger partial charge on any atom is -0.508 e. The average Bonchev–Trinajstić information content (AvgIpc) is 1.59. The Morgan fingerprint density at radius 3 is 1.84 bits per heavy atom. The third-order valence-corrected chi connectivity index (χ3v) is 25.1. The summed E-state index contributed by atoms with van der Waals surface area (Å²) in [6, 6.07) is 6.56. The van der Waals surface area contributed by atoms with Crippen LogP contribution in [0.15, 0.2) is 35.3 Å². The summed E-state index contributed by atoms with van der Waals surface area (Å²) in [5.41, 5.74) is 2.17. The van der Waals surface area contributed by atoms with Crippen LogP contribution in [0.3, 0.4) is 0 Å². The van der Waals surface area contributed by atoms with Crippen molar-refractivity contribution in [2.75, 3.05) is 146 Å². The summed E-state index contributed by atoms with van der Waals surface area (Å²) >= 11 is 1.45. The first-order valence-corrected chi connectivity index (χ1v) is 47.3. The molecule has 11 rings (SSSR count). The monoisotopic (exact) mass is 1930 g/mol. The van der Waals surface area contributed by atoms with Crippen molar-refractivity contribution in [3.63, 3.8) is 0 Å². The number of likely N-dealkylation sites (N-methyl/N-ethyl adjacent to an activating group) is 1. The number of carbonyl (C=O) groups is 9. The number of nitrogens with zero attached hydrogens (tertiary/aromatic N) is 6. The number of methoxy groups -OCH3 is 1. The third-order valence-electron chi connectivity index (χ3n) is 24.1. The van der Waals surface area contributed by atoms with Crippen LogP contribution in [0.2, 0.25) is 0 Å². The predicted molar refractivity (Wildman–Crippen MR) is 475 cm³/mol. The number of hydrogen-bond acceptors (Lipinski definition) is 38. The molecule has 3 aromatic heterocycles. The quantitative estimate of drug-likeness (QED) is 0.0116. The molecule has 1 saturated carbocycles. The predicted octanol–water partition coefficient (Wildman–Crippen LogP) is -1.81. The molecule has 756 valence electrons. The lowest BCUT2D eigenvalue weighted by Crippen LogP contribution is -2.63. The van der Waals surface area contributed by atoms with Crippen molar-refractivity contribution >= 4 is 76.0 Å². The van der Waals surface area contributed by atoms with Crippen molar-refractivity contribution in [1.82, 2.24) is 56.0 Å². The normalized spacial score (nSPS) is 26.3. The average molecular weight is 1940 g/mol. The molecule has 17 atom stereocenters. The number of cyclic esters (lactones) is 1. The van der Waals surface area contributed by atoms with Crippen LogP contribution in [0.5, 0.6) is 5.75 Å². The summed E-state index contributed by atoms with van der Waals surface area (Å²) in [4.78, 5) is 130. The summed E-state index contributed by atoms with van der Waals surface area (Å²) in [6.07, 6.45) is -10.2. The zero-order chi connectivity index (χ0) is 97.8. The Labute approximate surface area is 785 Å². The maximum Gasteiger partial charge on any atom is 0.355 e. The zero-order valence-corrected chi connectivity index (χ0v) is 78.6. The van der Waals surface area contributed by atoms with E-state index in [1.807, 2.05) is 27.0 Å². The number of hydrogen-bond donors (Lipinski definition) is 14. The van der Waals surface area contributed by atoms with Gasteiger partial charge in [-0.15, -0.1) is 5.10 Å². The molecule has 7 amide bonds. The fourth-order valence-electron chi connectivity index (χ4n) is 16.6. The summed E-state index contributed by atoms with van der Waals surface area (Å²) in [6.45, 7) is 10.2. The highest BCUT2D eigenvalue weighted by Crippen LogP contribution is 2.43. The molecule has 6 aliphatic heterocycles. The topological polar surface area (TPSA) is 603 Å². The molecule has 1 unspecified atom stereocenters. The number of unbranched alkanes of at least 4 members (excludes halogenated alkanes) is 4. The molecule has 0 spiro atoms. The molecule has 7 aliphatic rings. The number of fused-ring (bicyclic) bond motifs is 5. The van der Waals surface area contributed by atoms with Crippen LogP contribution in [0, 0.1) is 11.8 Å². The highest BCUT2D eigenvalue weighted by Gasteiger charge is 2.53. The van der Waals surface area contributed by atoms with Crippen LogP contribution in [-0.2, 0) is 152 Å². The number of benzene rings is 1. The third kappa shape index (κ3) is 30.7. The number of aromatic nitrogens is 5. The van der Waals surface area contributed by atoms with E-state index >= 15 is 0 Å². The van der Waals surface area contributed by atoms with Crippen LogP contribution in [0.4, 0.5) is 0 Å². The van der Waals surface area contributed by atoms with Gasteiger partial charge in [0.05, 0.1) is 113 Å². The minimum absolute atomic E-state index is 0.0316. The van der Waals surface area contributed by atoms with Gasteiger partial charge >= 0.3 is 11.9 Å². The Hall–Kier alpha value is -8.54. The van der Waals surface area contributed by atoms with Gasteiger partial charge in [0, 0.05) is 102 Å². The maximum atomic E-state index is 13.8. The summed E-state index contributed by atoms with van der Waals surface area (Å²) in [5.74, 6) is -2.55. The molecule has 135 heavy (non-hydrogen) atoms. The van der Waals surface area contributed by atoms with Gasteiger partial charge in [-0.1, -0.05) is 31.9 Å². The minimum atomic E-state index is -1.92. The summed E-state index contributed by atoms with van der Waals surface area (Å²) in [5, 5.41) is 117. The van der Waals surface area contributed by atoms with Crippen molar-refractivity contribution in [3.8, 4) is 17.1 Å².